The van der Waals surface area contributed by atoms with Crippen LogP contribution in [0.5, 0.6) is 23.0 Å². The summed E-state index contributed by atoms with van der Waals surface area (Å²) < 4.78 is 23.0. The fourth-order valence-corrected chi connectivity index (χ4v) is 5.80. The molecule has 208 valence electrons. The molecule has 5 nitrogen and oxygen atoms in total. The van der Waals surface area contributed by atoms with Crippen LogP contribution in [0.3, 0.4) is 0 Å². The summed E-state index contributed by atoms with van der Waals surface area (Å²) in [5, 5.41) is 0. The van der Waals surface area contributed by atoms with Gasteiger partial charge in [0.25, 0.3) is 0 Å². The van der Waals surface area contributed by atoms with Crippen molar-refractivity contribution in [3.63, 3.8) is 0 Å². The summed E-state index contributed by atoms with van der Waals surface area (Å²) in [6, 6.07) is 33.7. The van der Waals surface area contributed by atoms with Crippen LogP contribution in [0.2, 0.25) is 0 Å². The van der Waals surface area contributed by atoms with Gasteiger partial charge < -0.3 is 18.9 Å². The predicted octanol–water partition coefficient (Wildman–Crippen LogP) is 7.14. The van der Waals surface area contributed by atoms with Crippen LogP contribution in [0.15, 0.2) is 97.1 Å². The van der Waals surface area contributed by atoms with Gasteiger partial charge in [0.1, 0.15) is 6.61 Å². The lowest BCUT2D eigenvalue weighted by molar-refractivity contribution is 0.147. The van der Waals surface area contributed by atoms with Gasteiger partial charge in [-0.2, -0.15) is 0 Å². The van der Waals surface area contributed by atoms with E-state index < -0.39 is 0 Å². The fraction of sp³-hybridized carbons (Fsp3) is 0.314. The van der Waals surface area contributed by atoms with Crippen molar-refractivity contribution in [2.45, 2.75) is 31.9 Å². The van der Waals surface area contributed by atoms with E-state index in [1.165, 1.54) is 16.7 Å². The zero-order valence-corrected chi connectivity index (χ0v) is 23.7. The monoisotopic (exact) mass is 537 g/mol. The molecule has 1 saturated heterocycles. The number of hydrogen-bond acceptors (Lipinski definition) is 5. The molecule has 0 aliphatic carbocycles. The maximum atomic E-state index is 6.10. The van der Waals surface area contributed by atoms with Crippen LogP contribution >= 0.6 is 0 Å². The van der Waals surface area contributed by atoms with Gasteiger partial charge in [0, 0.05) is 19.6 Å². The molecule has 4 aromatic rings. The molecule has 0 N–H and O–H groups in total. The van der Waals surface area contributed by atoms with Crippen molar-refractivity contribution >= 4 is 0 Å². The predicted molar refractivity (Wildman–Crippen MR) is 160 cm³/mol. The van der Waals surface area contributed by atoms with Gasteiger partial charge in [-0.05, 0) is 71.2 Å². The third-order valence-corrected chi connectivity index (χ3v) is 7.73. The van der Waals surface area contributed by atoms with Crippen LogP contribution in [-0.4, -0.2) is 39.3 Å². The van der Waals surface area contributed by atoms with Gasteiger partial charge in [-0.25, -0.2) is 0 Å². The van der Waals surface area contributed by atoms with E-state index in [9.17, 15) is 0 Å². The minimum Gasteiger partial charge on any atom is -0.493 e. The average molecular weight is 538 g/mol. The molecule has 5 heteroatoms. The van der Waals surface area contributed by atoms with E-state index in [1.54, 1.807) is 21.3 Å². The lowest BCUT2D eigenvalue weighted by Crippen LogP contribution is -2.39. The Balaban J connectivity index is 1.34. The number of ether oxygens (including phenoxy) is 4. The Morgan fingerprint density at radius 1 is 0.625 bits per heavy atom. The van der Waals surface area contributed by atoms with Crippen LogP contribution in [0.25, 0.3) is 0 Å². The van der Waals surface area contributed by atoms with Gasteiger partial charge in [0.2, 0.25) is 0 Å². The second-order valence-corrected chi connectivity index (χ2v) is 10.6. The standard InChI is InChI=1S/C35H39NO4/c1-37-32-17-15-30(21-35(32)39-3)31-19-29(23-36(24-31)22-26-10-6-4-7-11-26)18-28-14-16-33(34(20-28)38-2)40-25-27-12-8-5-9-13-27/h4-17,20-21,29,31H,18-19,22-25H2,1-3H3/t29-,31+/m0/s1. The van der Waals surface area contributed by atoms with E-state index in [-0.39, 0.29) is 0 Å². The SMILES string of the molecule is COc1ccc([C@@H]2C[C@H](Cc3ccc(OCc4ccccc4)c(OC)c3)CN(Cc3ccccc3)C2)cc1OC. The Morgan fingerprint density at radius 2 is 1.27 bits per heavy atom. The quantitative estimate of drug-likeness (QED) is 0.203. The van der Waals surface area contributed by atoms with Crippen LogP contribution in [0, 0.1) is 5.92 Å². The van der Waals surface area contributed by atoms with Crippen LogP contribution < -0.4 is 18.9 Å². The average Bonchev–Trinajstić information content (AvgIpc) is 3.00. The number of methoxy groups -OCH3 is 3. The first-order valence-corrected chi connectivity index (χ1v) is 14.0. The van der Waals surface area contributed by atoms with Crippen molar-refractivity contribution in [2.75, 3.05) is 34.4 Å². The highest BCUT2D eigenvalue weighted by molar-refractivity contribution is 5.45. The van der Waals surface area contributed by atoms with E-state index in [1.807, 2.05) is 30.3 Å². The molecule has 0 aromatic heterocycles. The lowest BCUT2D eigenvalue weighted by Gasteiger charge is -2.38. The fourth-order valence-electron chi connectivity index (χ4n) is 5.80. The van der Waals surface area contributed by atoms with Crippen molar-refractivity contribution in [1.82, 2.24) is 4.90 Å². The Hall–Kier alpha value is -3.96. The molecule has 0 saturated carbocycles. The largest absolute Gasteiger partial charge is 0.493 e. The van der Waals surface area contributed by atoms with Crippen LogP contribution in [0.1, 0.15) is 34.6 Å². The van der Waals surface area contributed by atoms with Crippen LogP contribution in [0.4, 0.5) is 0 Å². The molecule has 1 heterocycles. The maximum absolute atomic E-state index is 6.10. The normalized spacial score (nSPS) is 17.3. The molecule has 0 amide bonds. The van der Waals surface area contributed by atoms with E-state index >= 15 is 0 Å². The zero-order valence-electron chi connectivity index (χ0n) is 23.7. The second kappa shape index (κ2) is 13.4. The molecule has 4 aromatic carbocycles. The van der Waals surface area contributed by atoms with Crippen molar-refractivity contribution in [2.24, 2.45) is 5.92 Å². The molecule has 0 radical (unpaired) electrons. The topological polar surface area (TPSA) is 40.2 Å². The number of hydrogen-bond donors (Lipinski definition) is 0. The van der Waals surface area contributed by atoms with Crippen molar-refractivity contribution in [3.05, 3.63) is 119 Å². The molecule has 0 spiro atoms. The minimum absolute atomic E-state index is 0.401. The molecular weight excluding hydrogens is 498 g/mol. The summed E-state index contributed by atoms with van der Waals surface area (Å²) >= 11 is 0. The van der Waals surface area contributed by atoms with Crippen LogP contribution in [-0.2, 0) is 19.6 Å². The van der Waals surface area contributed by atoms with E-state index in [0.717, 1.165) is 61.0 Å². The van der Waals surface area contributed by atoms with Gasteiger partial charge in [-0.1, -0.05) is 72.8 Å². The van der Waals surface area contributed by atoms with Crippen molar-refractivity contribution in [1.29, 1.82) is 0 Å². The van der Waals surface area contributed by atoms with Crippen molar-refractivity contribution in [3.8, 4) is 23.0 Å². The molecule has 1 aliphatic rings. The van der Waals surface area contributed by atoms with Gasteiger partial charge >= 0.3 is 0 Å². The third kappa shape index (κ3) is 6.97. The first-order chi connectivity index (χ1) is 19.6. The first-order valence-electron chi connectivity index (χ1n) is 14.0. The zero-order chi connectivity index (χ0) is 27.7. The maximum Gasteiger partial charge on any atom is 0.161 e. The van der Waals surface area contributed by atoms with E-state index in [2.05, 4.69) is 71.6 Å². The number of piperidine rings is 1. The van der Waals surface area contributed by atoms with Gasteiger partial charge in [-0.15, -0.1) is 0 Å². The van der Waals surface area contributed by atoms with Gasteiger partial charge in [0.05, 0.1) is 21.3 Å². The molecule has 0 unspecified atom stereocenters. The smallest absolute Gasteiger partial charge is 0.161 e. The summed E-state index contributed by atoms with van der Waals surface area (Å²) in [5.74, 6) is 4.00. The first kappa shape index (κ1) is 27.6. The Bertz CT molecular complexity index is 1360. The summed E-state index contributed by atoms with van der Waals surface area (Å²) in [7, 11) is 5.10. The molecule has 1 fully saturated rings. The molecule has 0 bridgehead atoms. The highest BCUT2D eigenvalue weighted by Crippen LogP contribution is 2.38. The molecule has 40 heavy (non-hydrogen) atoms. The summed E-state index contributed by atoms with van der Waals surface area (Å²) in [5.41, 5.74) is 5.04. The van der Waals surface area contributed by atoms with Crippen molar-refractivity contribution < 1.29 is 18.9 Å². The van der Waals surface area contributed by atoms with Gasteiger partial charge in [0.15, 0.2) is 23.0 Å². The summed E-state index contributed by atoms with van der Waals surface area (Å²) in [6.45, 7) is 3.51. The Morgan fingerprint density at radius 3 is 1.98 bits per heavy atom. The highest BCUT2D eigenvalue weighted by Gasteiger charge is 2.29. The number of benzene rings is 4. The molecule has 5 rings (SSSR count). The minimum atomic E-state index is 0.401. The molecular formula is C35H39NO4. The highest BCUT2D eigenvalue weighted by atomic mass is 16.5. The number of nitrogens with zero attached hydrogens (tertiary/aromatic N) is 1. The second-order valence-electron chi connectivity index (χ2n) is 10.6. The Kier molecular flexibility index (Phi) is 9.25. The van der Waals surface area contributed by atoms with Gasteiger partial charge in [-0.3, -0.25) is 4.90 Å². The molecule has 1 aliphatic heterocycles. The third-order valence-electron chi connectivity index (χ3n) is 7.73. The van der Waals surface area contributed by atoms with E-state index in [0.29, 0.717) is 18.4 Å². The lowest BCUT2D eigenvalue weighted by atomic mass is 9.81. The molecule has 2 atom stereocenters. The van der Waals surface area contributed by atoms with E-state index in [4.69, 9.17) is 18.9 Å². The number of rotatable bonds is 11. The summed E-state index contributed by atoms with van der Waals surface area (Å²) in [6.07, 6.45) is 2.08. The summed E-state index contributed by atoms with van der Waals surface area (Å²) in [4.78, 5) is 2.60. The Labute approximate surface area is 238 Å². The number of likely N-dealkylation sites (tertiary alicyclic amines) is 1.